The minimum Gasteiger partial charge on any atom is -0.389 e. The van der Waals surface area contributed by atoms with E-state index in [1.54, 1.807) is 0 Å². The van der Waals surface area contributed by atoms with Crippen LogP contribution in [0.3, 0.4) is 0 Å². The summed E-state index contributed by atoms with van der Waals surface area (Å²) in [6, 6.07) is 8.20. The molecule has 0 spiro atoms. The Balaban J connectivity index is 1.67. The van der Waals surface area contributed by atoms with Crippen molar-refractivity contribution in [2.45, 2.75) is 31.6 Å². The van der Waals surface area contributed by atoms with Crippen molar-refractivity contribution in [3.8, 4) is 0 Å². The monoisotopic (exact) mass is 326 g/mol. The summed E-state index contributed by atoms with van der Waals surface area (Å²) in [5.74, 6) is 0. The number of rotatable bonds is 7. The molecule has 0 saturated carbocycles. The lowest BCUT2D eigenvalue weighted by atomic mass is 10.0. The van der Waals surface area contributed by atoms with E-state index in [1.165, 1.54) is 12.8 Å². The lowest BCUT2D eigenvalue weighted by Crippen LogP contribution is -2.45. The van der Waals surface area contributed by atoms with Crippen LogP contribution in [0.1, 0.15) is 18.4 Å². The number of benzene rings is 1. The standard InChI is InChI=1S/C17H27ClN2O2/c1-19-9-7-15(8-10-19)20(2)11-16(21)13-22-12-14-5-3-4-6-17(14)18/h3-6,15-16,21H,7-13H2,1-2H3/t16-/m1/s1. The van der Waals surface area contributed by atoms with Gasteiger partial charge in [0.05, 0.1) is 19.3 Å². The van der Waals surface area contributed by atoms with Crippen molar-refractivity contribution in [1.29, 1.82) is 0 Å². The van der Waals surface area contributed by atoms with Gasteiger partial charge in [-0.1, -0.05) is 29.8 Å². The normalized spacial score (nSPS) is 18.8. The summed E-state index contributed by atoms with van der Waals surface area (Å²) >= 11 is 6.08. The molecule has 2 rings (SSSR count). The molecule has 124 valence electrons. The summed E-state index contributed by atoms with van der Waals surface area (Å²) in [7, 11) is 4.25. The lowest BCUT2D eigenvalue weighted by Gasteiger charge is -2.35. The molecule has 1 aliphatic rings. The summed E-state index contributed by atoms with van der Waals surface area (Å²) < 4.78 is 5.60. The van der Waals surface area contributed by atoms with Crippen LogP contribution in [0, 0.1) is 0 Å². The predicted octanol–water partition coefficient (Wildman–Crippen LogP) is 2.24. The number of nitrogens with zero attached hydrogens (tertiary/aromatic N) is 2. The van der Waals surface area contributed by atoms with Crippen LogP contribution in [0.5, 0.6) is 0 Å². The van der Waals surface area contributed by atoms with Crippen molar-refractivity contribution < 1.29 is 9.84 Å². The molecule has 1 aliphatic heterocycles. The highest BCUT2D eigenvalue weighted by molar-refractivity contribution is 6.31. The first-order valence-electron chi connectivity index (χ1n) is 7.94. The van der Waals surface area contributed by atoms with Crippen LogP contribution >= 0.6 is 11.6 Å². The number of aliphatic hydroxyl groups excluding tert-OH is 1. The van der Waals surface area contributed by atoms with Crippen LogP contribution < -0.4 is 0 Å². The summed E-state index contributed by atoms with van der Waals surface area (Å²) in [5, 5.41) is 10.8. The van der Waals surface area contributed by atoms with Gasteiger partial charge in [0.2, 0.25) is 0 Å². The molecule has 0 unspecified atom stereocenters. The Morgan fingerprint density at radius 3 is 2.73 bits per heavy atom. The molecule has 22 heavy (non-hydrogen) atoms. The van der Waals surface area contributed by atoms with Crippen molar-refractivity contribution in [1.82, 2.24) is 9.80 Å². The molecule has 1 fully saturated rings. The molecule has 1 aromatic rings. The van der Waals surface area contributed by atoms with E-state index in [0.29, 0.717) is 30.8 Å². The van der Waals surface area contributed by atoms with E-state index in [-0.39, 0.29) is 0 Å². The third kappa shape index (κ3) is 5.52. The molecule has 1 atom stereocenters. The fraction of sp³-hybridized carbons (Fsp3) is 0.647. The van der Waals surface area contributed by atoms with E-state index in [2.05, 4.69) is 23.9 Å². The molecular weight excluding hydrogens is 300 g/mol. The largest absolute Gasteiger partial charge is 0.389 e. The van der Waals surface area contributed by atoms with Gasteiger partial charge in [-0.15, -0.1) is 0 Å². The van der Waals surface area contributed by atoms with Gasteiger partial charge in [-0.3, -0.25) is 0 Å². The SMILES string of the molecule is CN1CCC(N(C)C[C@@H](O)COCc2ccccc2Cl)CC1. The van der Waals surface area contributed by atoms with Crippen molar-refractivity contribution in [2.75, 3.05) is 40.3 Å². The summed E-state index contributed by atoms with van der Waals surface area (Å²) in [4.78, 5) is 4.62. The van der Waals surface area contributed by atoms with Gasteiger partial charge in [0.15, 0.2) is 0 Å². The van der Waals surface area contributed by atoms with Gasteiger partial charge in [0.1, 0.15) is 0 Å². The van der Waals surface area contributed by atoms with Crippen LogP contribution in [0.2, 0.25) is 5.02 Å². The number of piperidine rings is 1. The van der Waals surface area contributed by atoms with E-state index in [0.717, 1.165) is 18.7 Å². The zero-order valence-electron chi connectivity index (χ0n) is 13.5. The van der Waals surface area contributed by atoms with Gasteiger partial charge in [0, 0.05) is 17.6 Å². The molecule has 0 aromatic heterocycles. The van der Waals surface area contributed by atoms with Crippen LogP contribution in [-0.2, 0) is 11.3 Å². The molecule has 0 radical (unpaired) electrons. The molecule has 1 saturated heterocycles. The molecule has 1 heterocycles. The van der Waals surface area contributed by atoms with Crippen molar-refractivity contribution >= 4 is 11.6 Å². The van der Waals surface area contributed by atoms with E-state index < -0.39 is 6.10 Å². The van der Waals surface area contributed by atoms with E-state index in [1.807, 2.05) is 24.3 Å². The summed E-state index contributed by atoms with van der Waals surface area (Å²) in [6.07, 6.45) is 1.87. The maximum atomic E-state index is 10.1. The van der Waals surface area contributed by atoms with Crippen LogP contribution in [-0.4, -0.2) is 67.4 Å². The van der Waals surface area contributed by atoms with Crippen molar-refractivity contribution in [3.05, 3.63) is 34.9 Å². The van der Waals surface area contributed by atoms with E-state index in [4.69, 9.17) is 16.3 Å². The fourth-order valence-corrected chi connectivity index (χ4v) is 3.08. The fourth-order valence-electron chi connectivity index (χ4n) is 2.89. The van der Waals surface area contributed by atoms with Gasteiger partial charge in [-0.2, -0.15) is 0 Å². The molecule has 1 aromatic carbocycles. The first-order chi connectivity index (χ1) is 10.6. The second-order valence-electron chi connectivity index (χ2n) is 6.23. The second-order valence-corrected chi connectivity index (χ2v) is 6.64. The highest BCUT2D eigenvalue weighted by Gasteiger charge is 2.22. The van der Waals surface area contributed by atoms with Crippen molar-refractivity contribution in [3.63, 3.8) is 0 Å². The molecule has 0 amide bonds. The average Bonchev–Trinajstić information content (AvgIpc) is 2.50. The Morgan fingerprint density at radius 2 is 2.05 bits per heavy atom. The lowest BCUT2D eigenvalue weighted by molar-refractivity contribution is 0.00283. The Kier molecular flexibility index (Phi) is 7.12. The minimum atomic E-state index is -0.466. The molecule has 4 nitrogen and oxygen atoms in total. The summed E-state index contributed by atoms with van der Waals surface area (Å²) in [6.45, 7) is 3.69. The second kappa shape index (κ2) is 8.85. The molecular formula is C17H27ClN2O2. The molecule has 1 N–H and O–H groups in total. The van der Waals surface area contributed by atoms with E-state index in [9.17, 15) is 5.11 Å². The number of hydrogen-bond acceptors (Lipinski definition) is 4. The quantitative estimate of drug-likeness (QED) is 0.833. The first-order valence-corrected chi connectivity index (χ1v) is 8.32. The predicted molar refractivity (Wildman–Crippen MR) is 90.3 cm³/mol. The Labute approximate surface area is 138 Å². The number of ether oxygens (including phenoxy) is 1. The van der Waals surface area contributed by atoms with Crippen LogP contribution in [0.4, 0.5) is 0 Å². The third-order valence-electron chi connectivity index (χ3n) is 4.34. The van der Waals surface area contributed by atoms with Crippen molar-refractivity contribution in [2.24, 2.45) is 0 Å². The zero-order valence-corrected chi connectivity index (χ0v) is 14.3. The highest BCUT2D eigenvalue weighted by atomic mass is 35.5. The van der Waals surface area contributed by atoms with Gasteiger partial charge in [-0.05, 0) is 51.7 Å². The number of aliphatic hydroxyl groups is 1. The Morgan fingerprint density at radius 1 is 1.36 bits per heavy atom. The Hall–Kier alpha value is -0.650. The van der Waals surface area contributed by atoms with E-state index >= 15 is 0 Å². The maximum absolute atomic E-state index is 10.1. The maximum Gasteiger partial charge on any atom is 0.0900 e. The number of hydrogen-bond donors (Lipinski definition) is 1. The number of likely N-dealkylation sites (tertiary alicyclic amines) is 1. The van der Waals surface area contributed by atoms with Gasteiger partial charge in [0.25, 0.3) is 0 Å². The Bertz CT molecular complexity index is 450. The highest BCUT2D eigenvalue weighted by Crippen LogP contribution is 2.16. The topological polar surface area (TPSA) is 35.9 Å². The van der Waals surface area contributed by atoms with Gasteiger partial charge in [-0.25, -0.2) is 0 Å². The third-order valence-corrected chi connectivity index (χ3v) is 4.70. The molecule has 0 bridgehead atoms. The minimum absolute atomic E-state index is 0.336. The number of halogens is 1. The number of likely N-dealkylation sites (N-methyl/N-ethyl adjacent to an activating group) is 1. The first kappa shape index (κ1) is 17.7. The zero-order chi connectivity index (χ0) is 15.9. The van der Waals surface area contributed by atoms with Crippen LogP contribution in [0.25, 0.3) is 0 Å². The molecule has 5 heteroatoms. The smallest absolute Gasteiger partial charge is 0.0900 e. The molecule has 0 aliphatic carbocycles. The summed E-state index contributed by atoms with van der Waals surface area (Å²) in [5.41, 5.74) is 0.958. The average molecular weight is 327 g/mol. The van der Waals surface area contributed by atoms with Gasteiger partial charge < -0.3 is 19.6 Å². The van der Waals surface area contributed by atoms with Crippen LogP contribution in [0.15, 0.2) is 24.3 Å². The van der Waals surface area contributed by atoms with Gasteiger partial charge >= 0.3 is 0 Å².